The topological polar surface area (TPSA) is 0 Å². The summed E-state index contributed by atoms with van der Waals surface area (Å²) >= 11 is 0. The van der Waals surface area contributed by atoms with Crippen LogP contribution in [0.1, 0.15) is 59.6 Å². The summed E-state index contributed by atoms with van der Waals surface area (Å²) in [6.07, 6.45) is 5.75. The summed E-state index contributed by atoms with van der Waals surface area (Å²) in [7, 11) is 0. The first-order chi connectivity index (χ1) is 11.8. The van der Waals surface area contributed by atoms with E-state index in [2.05, 4.69) is 90.1 Å². The predicted molar refractivity (Wildman–Crippen MR) is 109 cm³/mol. The second kappa shape index (κ2) is 7.04. The number of aryl methyl sites for hydroxylation is 4. The van der Waals surface area contributed by atoms with Crippen molar-refractivity contribution in [1.82, 2.24) is 0 Å². The lowest BCUT2D eigenvalue weighted by atomic mass is 9.79. The summed E-state index contributed by atoms with van der Waals surface area (Å²) in [5.41, 5.74) is 11.3. The molecule has 0 heteroatoms. The molecule has 2 aromatic rings. The molecule has 0 nitrogen and oxygen atoms in total. The zero-order chi connectivity index (χ0) is 18.1. The quantitative estimate of drug-likeness (QED) is 0.568. The highest BCUT2D eigenvalue weighted by Gasteiger charge is 2.25. The van der Waals surface area contributed by atoms with Gasteiger partial charge in [-0.3, -0.25) is 0 Å². The molecule has 25 heavy (non-hydrogen) atoms. The highest BCUT2D eigenvalue weighted by Crippen LogP contribution is 2.41. The molecule has 0 saturated carbocycles. The molecular formula is C25H30. The minimum absolute atomic E-state index is 0.351. The van der Waals surface area contributed by atoms with Crippen LogP contribution in [-0.2, 0) is 0 Å². The van der Waals surface area contributed by atoms with Crippen LogP contribution in [0.15, 0.2) is 59.7 Å². The number of hydrogen-bond acceptors (Lipinski definition) is 0. The van der Waals surface area contributed by atoms with Gasteiger partial charge >= 0.3 is 0 Å². The van der Waals surface area contributed by atoms with E-state index in [0.717, 1.165) is 6.42 Å². The van der Waals surface area contributed by atoms with Crippen LogP contribution in [0, 0.1) is 33.6 Å². The Morgan fingerprint density at radius 1 is 0.680 bits per heavy atom. The summed E-state index contributed by atoms with van der Waals surface area (Å²) in [6, 6.07) is 14.0. The van der Waals surface area contributed by atoms with Crippen LogP contribution in [0.2, 0.25) is 0 Å². The monoisotopic (exact) mass is 330 g/mol. The van der Waals surface area contributed by atoms with Crippen molar-refractivity contribution in [2.75, 3.05) is 0 Å². The van der Waals surface area contributed by atoms with Crippen molar-refractivity contribution in [3.8, 4) is 0 Å². The molecule has 0 heterocycles. The van der Waals surface area contributed by atoms with E-state index in [4.69, 9.17) is 0 Å². The van der Waals surface area contributed by atoms with E-state index in [0.29, 0.717) is 11.8 Å². The molecule has 0 atom stereocenters. The van der Waals surface area contributed by atoms with Crippen LogP contribution in [0.4, 0.5) is 0 Å². The van der Waals surface area contributed by atoms with Gasteiger partial charge < -0.3 is 0 Å². The minimum atomic E-state index is 0.351. The Morgan fingerprint density at radius 2 is 1.12 bits per heavy atom. The smallest absolute Gasteiger partial charge is 0.0308 e. The average Bonchev–Trinajstić information content (AvgIpc) is 2.94. The van der Waals surface area contributed by atoms with Gasteiger partial charge in [-0.2, -0.15) is 0 Å². The average molecular weight is 331 g/mol. The maximum atomic E-state index is 2.37. The Balaban J connectivity index is 2.23. The Labute approximate surface area is 153 Å². The van der Waals surface area contributed by atoms with Crippen molar-refractivity contribution in [2.24, 2.45) is 5.92 Å². The van der Waals surface area contributed by atoms with E-state index in [1.807, 2.05) is 0 Å². The van der Waals surface area contributed by atoms with Crippen molar-refractivity contribution in [1.29, 1.82) is 0 Å². The Morgan fingerprint density at radius 3 is 1.52 bits per heavy atom. The zero-order valence-corrected chi connectivity index (χ0v) is 16.5. The molecule has 0 fully saturated rings. The van der Waals surface area contributed by atoms with Crippen molar-refractivity contribution >= 4 is 0 Å². The van der Waals surface area contributed by atoms with Gasteiger partial charge in [0.1, 0.15) is 0 Å². The molecule has 0 saturated heterocycles. The molecule has 0 amide bonds. The third-order valence-corrected chi connectivity index (χ3v) is 5.13. The second-order valence-corrected chi connectivity index (χ2v) is 8.02. The lowest BCUT2D eigenvalue weighted by Gasteiger charge is -2.25. The van der Waals surface area contributed by atoms with E-state index in [9.17, 15) is 0 Å². The fourth-order valence-corrected chi connectivity index (χ4v) is 4.33. The minimum Gasteiger partial charge on any atom is -0.0801 e. The van der Waals surface area contributed by atoms with Gasteiger partial charge in [-0.15, -0.1) is 0 Å². The lowest BCUT2D eigenvalue weighted by molar-refractivity contribution is 0.761. The van der Waals surface area contributed by atoms with Crippen LogP contribution in [0.3, 0.4) is 0 Å². The van der Waals surface area contributed by atoms with Crippen LogP contribution in [-0.4, -0.2) is 0 Å². The maximum absolute atomic E-state index is 2.37. The van der Waals surface area contributed by atoms with E-state index in [1.165, 1.54) is 39.0 Å². The molecule has 1 aliphatic carbocycles. The van der Waals surface area contributed by atoms with E-state index < -0.39 is 0 Å². The van der Waals surface area contributed by atoms with Gasteiger partial charge in [0.15, 0.2) is 0 Å². The molecule has 0 aliphatic heterocycles. The predicted octanol–water partition coefficient (Wildman–Crippen LogP) is 6.96. The summed E-state index contributed by atoms with van der Waals surface area (Å²) in [6.45, 7) is 13.5. The van der Waals surface area contributed by atoms with Crippen LogP contribution >= 0.6 is 0 Å². The molecule has 0 bridgehead atoms. The number of benzene rings is 2. The normalized spacial score (nSPS) is 14.2. The van der Waals surface area contributed by atoms with Gasteiger partial charge in [0.05, 0.1) is 0 Å². The van der Waals surface area contributed by atoms with Gasteiger partial charge in [0.2, 0.25) is 0 Å². The van der Waals surface area contributed by atoms with E-state index in [-0.39, 0.29) is 0 Å². The van der Waals surface area contributed by atoms with Crippen molar-refractivity contribution < 1.29 is 0 Å². The standard InChI is InChI=1S/C25H30/c1-16(2)23-8-7-9-24(23)25(21-12-17(3)10-18(4)13-21)22-14-19(5)11-20(6)15-22/h7-8,10-16,25H,9H2,1-6H3. The molecule has 2 aromatic carbocycles. The third kappa shape index (κ3) is 3.79. The SMILES string of the molecule is Cc1cc(C)cc(C(C2=C(C(C)C)C=CC2)c2cc(C)cc(C)c2)c1. The maximum Gasteiger partial charge on any atom is 0.0308 e. The van der Waals surface area contributed by atoms with E-state index in [1.54, 1.807) is 5.57 Å². The fourth-order valence-electron chi connectivity index (χ4n) is 4.33. The van der Waals surface area contributed by atoms with Crippen LogP contribution in [0.25, 0.3) is 0 Å². The number of rotatable bonds is 4. The molecule has 0 unspecified atom stereocenters. The first kappa shape index (κ1) is 17.7. The molecular weight excluding hydrogens is 300 g/mol. The van der Waals surface area contributed by atoms with Gasteiger partial charge in [-0.05, 0) is 56.7 Å². The Bertz CT molecular complexity index is 754. The molecule has 1 aliphatic rings. The lowest BCUT2D eigenvalue weighted by Crippen LogP contribution is -2.09. The molecule has 0 radical (unpaired) electrons. The Kier molecular flexibility index (Phi) is 4.99. The fraction of sp³-hybridized carbons (Fsp3) is 0.360. The van der Waals surface area contributed by atoms with Crippen LogP contribution in [0.5, 0.6) is 0 Å². The van der Waals surface area contributed by atoms with E-state index >= 15 is 0 Å². The molecule has 130 valence electrons. The highest BCUT2D eigenvalue weighted by atomic mass is 14.3. The van der Waals surface area contributed by atoms with Crippen molar-refractivity contribution in [3.63, 3.8) is 0 Å². The highest BCUT2D eigenvalue weighted by molar-refractivity contribution is 5.51. The van der Waals surface area contributed by atoms with Gasteiger partial charge in [-0.25, -0.2) is 0 Å². The third-order valence-electron chi connectivity index (χ3n) is 5.13. The Hall–Kier alpha value is -2.08. The molecule has 0 aromatic heterocycles. The summed E-state index contributed by atoms with van der Waals surface area (Å²) in [5, 5.41) is 0. The largest absolute Gasteiger partial charge is 0.0801 e. The first-order valence-electron chi connectivity index (χ1n) is 9.41. The van der Waals surface area contributed by atoms with Crippen LogP contribution < -0.4 is 0 Å². The second-order valence-electron chi connectivity index (χ2n) is 8.02. The summed E-state index contributed by atoms with van der Waals surface area (Å²) in [5.74, 6) is 0.915. The van der Waals surface area contributed by atoms with Crippen molar-refractivity contribution in [2.45, 2.75) is 53.9 Å². The summed E-state index contributed by atoms with van der Waals surface area (Å²) in [4.78, 5) is 0. The zero-order valence-electron chi connectivity index (χ0n) is 16.5. The number of allylic oxidation sites excluding steroid dienone is 4. The molecule has 3 rings (SSSR count). The summed E-state index contributed by atoms with van der Waals surface area (Å²) < 4.78 is 0. The molecule has 0 spiro atoms. The number of hydrogen-bond donors (Lipinski definition) is 0. The van der Waals surface area contributed by atoms with Crippen molar-refractivity contribution in [3.05, 3.63) is 93.1 Å². The van der Waals surface area contributed by atoms with Gasteiger partial charge in [0.25, 0.3) is 0 Å². The first-order valence-corrected chi connectivity index (χ1v) is 9.41. The van der Waals surface area contributed by atoms with Gasteiger partial charge in [-0.1, -0.05) is 90.2 Å². The van der Waals surface area contributed by atoms with Gasteiger partial charge in [0, 0.05) is 5.92 Å². The molecule has 0 N–H and O–H groups in total.